The summed E-state index contributed by atoms with van der Waals surface area (Å²) in [5.41, 5.74) is 14.8. The molecule has 9 aromatic carbocycles. The Labute approximate surface area is 358 Å². The van der Waals surface area contributed by atoms with Gasteiger partial charge in [0.1, 0.15) is 0 Å². The maximum Gasteiger partial charge on any atom is 0.0979 e. The second-order valence-electron chi connectivity index (χ2n) is 16.1. The number of benzene rings is 9. The summed E-state index contributed by atoms with van der Waals surface area (Å²) in [5, 5.41) is 7.20. The molecule has 0 bridgehead atoms. The van der Waals surface area contributed by atoms with E-state index in [-0.39, 0.29) is 0 Å². The van der Waals surface area contributed by atoms with E-state index in [2.05, 4.69) is 206 Å². The monoisotopic (exact) mass is 794 g/mol. The summed E-state index contributed by atoms with van der Waals surface area (Å²) in [6.07, 6.45) is 10.0. The molecule has 0 amide bonds. The minimum atomic E-state index is 0.365. The standard InChI is InChI=1S/C58H38N2S/c1-3-14-37(15-4-1)39-18-11-20-41(30-39)43-28-29-55-52(33-43)53-35-46(42-21-12-19-40(31-42)38-16-5-2-6-17-38)34-51(58(53)61-55)44-22-13-23-45(32-44)54-36-59-56-49-26-9-7-24-47(49)48-25-8-10-27-50(48)57(56)60-54/h1-17,19-36,39H,18H2. The molecule has 2 heterocycles. The van der Waals surface area contributed by atoms with Crippen molar-refractivity contribution in [3.05, 3.63) is 224 Å². The molecular weight excluding hydrogens is 757 g/mol. The van der Waals surface area contributed by atoms with Crippen LogP contribution >= 0.6 is 11.3 Å². The molecule has 0 N–H and O–H groups in total. The topological polar surface area (TPSA) is 25.8 Å². The maximum atomic E-state index is 5.37. The molecule has 1 aliphatic rings. The van der Waals surface area contributed by atoms with E-state index >= 15 is 0 Å². The van der Waals surface area contributed by atoms with Gasteiger partial charge < -0.3 is 0 Å². The van der Waals surface area contributed by atoms with Crippen LogP contribution in [0.2, 0.25) is 0 Å². The summed E-state index contributed by atoms with van der Waals surface area (Å²) in [7, 11) is 0. The molecule has 0 saturated carbocycles. The van der Waals surface area contributed by atoms with E-state index < -0.39 is 0 Å². The molecule has 0 fully saturated rings. The lowest BCUT2D eigenvalue weighted by Gasteiger charge is -2.17. The third kappa shape index (κ3) is 6.25. The molecule has 1 aliphatic carbocycles. The smallest absolute Gasteiger partial charge is 0.0979 e. The van der Waals surface area contributed by atoms with Crippen molar-refractivity contribution < 1.29 is 0 Å². The first kappa shape index (κ1) is 35.5. The molecule has 0 spiro atoms. The SMILES string of the molecule is C1=CC(c2ccc3sc4c(-c5cccc(-c6cnc7c8ccccc8c8ccccc8c7n6)c5)cc(-c5cccc(-c6ccccc6)c5)cc4c3c2)=CC(c2ccccc2)C1. The van der Waals surface area contributed by atoms with Crippen molar-refractivity contribution in [1.82, 2.24) is 9.97 Å². The van der Waals surface area contributed by atoms with Gasteiger partial charge in [0.2, 0.25) is 0 Å². The van der Waals surface area contributed by atoms with Crippen molar-refractivity contribution in [1.29, 1.82) is 0 Å². The van der Waals surface area contributed by atoms with E-state index in [1.165, 1.54) is 75.5 Å². The van der Waals surface area contributed by atoms with Crippen LogP contribution in [0, 0.1) is 0 Å². The van der Waals surface area contributed by atoms with E-state index in [0.717, 1.165) is 45.0 Å². The normalized spacial score (nSPS) is 14.0. The number of fused-ring (bicyclic) bond motifs is 9. The highest BCUT2D eigenvalue weighted by molar-refractivity contribution is 7.26. The molecule has 286 valence electrons. The van der Waals surface area contributed by atoms with Crippen molar-refractivity contribution in [2.24, 2.45) is 0 Å². The average molecular weight is 795 g/mol. The van der Waals surface area contributed by atoms with Crippen molar-refractivity contribution in [2.75, 3.05) is 0 Å². The number of aromatic nitrogens is 2. The van der Waals surface area contributed by atoms with Crippen molar-refractivity contribution in [3.63, 3.8) is 0 Å². The third-order valence-electron chi connectivity index (χ3n) is 12.4. The molecular formula is C58H38N2S. The minimum absolute atomic E-state index is 0.365. The van der Waals surface area contributed by atoms with Gasteiger partial charge in [-0.15, -0.1) is 11.3 Å². The Bertz CT molecular complexity index is 3530. The predicted octanol–water partition coefficient (Wildman–Crippen LogP) is 16.1. The van der Waals surface area contributed by atoms with E-state index in [1.807, 2.05) is 17.5 Å². The Morgan fingerprint density at radius 2 is 1.07 bits per heavy atom. The van der Waals surface area contributed by atoms with Gasteiger partial charge in [0.05, 0.1) is 22.9 Å². The van der Waals surface area contributed by atoms with Crippen LogP contribution in [0.3, 0.4) is 0 Å². The first-order chi connectivity index (χ1) is 30.2. The Hall–Kier alpha value is -7.46. The average Bonchev–Trinajstić information content (AvgIpc) is 3.72. The number of nitrogens with zero attached hydrogens (tertiary/aromatic N) is 2. The lowest BCUT2D eigenvalue weighted by atomic mass is 9.87. The second kappa shape index (κ2) is 14.7. The van der Waals surface area contributed by atoms with E-state index in [1.54, 1.807) is 0 Å². The van der Waals surface area contributed by atoms with Crippen LogP contribution in [0.4, 0.5) is 0 Å². The highest BCUT2D eigenvalue weighted by Gasteiger charge is 2.19. The van der Waals surface area contributed by atoms with Crippen LogP contribution in [-0.4, -0.2) is 9.97 Å². The quantitative estimate of drug-likeness (QED) is 0.157. The molecule has 12 rings (SSSR count). The summed E-state index contributed by atoms with van der Waals surface area (Å²) < 4.78 is 2.57. The van der Waals surface area contributed by atoms with Gasteiger partial charge in [-0.3, -0.25) is 4.98 Å². The minimum Gasteiger partial charge on any atom is -0.252 e. The Balaban J connectivity index is 1.03. The Morgan fingerprint density at radius 1 is 0.443 bits per heavy atom. The molecule has 2 nitrogen and oxygen atoms in total. The number of hydrogen-bond donors (Lipinski definition) is 0. The van der Waals surface area contributed by atoms with Crippen LogP contribution < -0.4 is 0 Å². The molecule has 2 aromatic heterocycles. The highest BCUT2D eigenvalue weighted by atomic mass is 32.1. The number of thiophene rings is 1. The fourth-order valence-corrected chi connectivity index (χ4v) is 10.6. The number of rotatable bonds is 6. The third-order valence-corrected chi connectivity index (χ3v) is 13.6. The first-order valence-corrected chi connectivity index (χ1v) is 21.8. The van der Waals surface area contributed by atoms with Gasteiger partial charge in [-0.05, 0) is 98.1 Å². The Kier molecular flexibility index (Phi) is 8.53. The van der Waals surface area contributed by atoms with Gasteiger partial charge in [0.15, 0.2) is 0 Å². The number of hydrogen-bond acceptors (Lipinski definition) is 3. The van der Waals surface area contributed by atoms with Gasteiger partial charge in [0, 0.05) is 48.0 Å². The van der Waals surface area contributed by atoms with Crippen molar-refractivity contribution >= 4 is 69.7 Å². The largest absolute Gasteiger partial charge is 0.252 e. The highest BCUT2D eigenvalue weighted by Crippen LogP contribution is 2.45. The van der Waals surface area contributed by atoms with Crippen molar-refractivity contribution in [3.8, 4) is 44.6 Å². The van der Waals surface area contributed by atoms with E-state index in [0.29, 0.717) is 5.92 Å². The van der Waals surface area contributed by atoms with Gasteiger partial charge in [-0.25, -0.2) is 4.98 Å². The molecule has 0 saturated heterocycles. The molecule has 0 aliphatic heterocycles. The van der Waals surface area contributed by atoms with Crippen LogP contribution in [0.15, 0.2) is 212 Å². The fraction of sp³-hybridized carbons (Fsp3) is 0.0345. The van der Waals surface area contributed by atoms with Crippen LogP contribution in [-0.2, 0) is 0 Å². The molecule has 3 heteroatoms. The molecule has 0 radical (unpaired) electrons. The van der Waals surface area contributed by atoms with Gasteiger partial charge >= 0.3 is 0 Å². The number of allylic oxidation sites excluding steroid dienone is 4. The lowest BCUT2D eigenvalue weighted by Crippen LogP contribution is -1.98. The molecule has 1 unspecified atom stereocenters. The van der Waals surface area contributed by atoms with Gasteiger partial charge in [-0.2, -0.15) is 0 Å². The summed E-state index contributed by atoms with van der Waals surface area (Å²) in [5.74, 6) is 0.365. The van der Waals surface area contributed by atoms with Crippen LogP contribution in [0.1, 0.15) is 23.5 Å². The molecule has 61 heavy (non-hydrogen) atoms. The zero-order valence-corrected chi connectivity index (χ0v) is 34.1. The van der Waals surface area contributed by atoms with Gasteiger partial charge in [-0.1, -0.05) is 170 Å². The van der Waals surface area contributed by atoms with Crippen LogP contribution in [0.5, 0.6) is 0 Å². The predicted molar refractivity (Wildman–Crippen MR) is 260 cm³/mol. The summed E-state index contributed by atoms with van der Waals surface area (Å²) >= 11 is 1.88. The first-order valence-electron chi connectivity index (χ1n) is 21.0. The summed E-state index contributed by atoms with van der Waals surface area (Å²) in [4.78, 5) is 10.5. The van der Waals surface area contributed by atoms with E-state index in [9.17, 15) is 0 Å². The molecule has 11 aromatic rings. The van der Waals surface area contributed by atoms with Crippen LogP contribution in [0.25, 0.3) is 103 Å². The summed E-state index contributed by atoms with van der Waals surface area (Å²) in [6, 6.07) is 68.3. The Morgan fingerprint density at radius 3 is 1.85 bits per heavy atom. The fourth-order valence-electron chi connectivity index (χ4n) is 9.36. The molecule has 1 atom stereocenters. The van der Waals surface area contributed by atoms with Crippen molar-refractivity contribution in [2.45, 2.75) is 12.3 Å². The maximum absolute atomic E-state index is 5.37. The van der Waals surface area contributed by atoms with E-state index in [4.69, 9.17) is 9.97 Å². The lowest BCUT2D eigenvalue weighted by molar-refractivity contribution is 0.857. The summed E-state index contributed by atoms with van der Waals surface area (Å²) in [6.45, 7) is 0. The van der Waals surface area contributed by atoms with Gasteiger partial charge in [0.25, 0.3) is 0 Å². The zero-order chi connectivity index (χ0) is 40.3. The zero-order valence-electron chi connectivity index (χ0n) is 33.3. The second-order valence-corrected chi connectivity index (χ2v) is 17.1.